The summed E-state index contributed by atoms with van der Waals surface area (Å²) in [5.41, 5.74) is -0.534. The number of amides is 1. The van der Waals surface area contributed by atoms with Gasteiger partial charge in [-0.3, -0.25) is 19.7 Å². The number of benzene rings is 1. The van der Waals surface area contributed by atoms with Gasteiger partial charge in [0.05, 0.1) is 17.4 Å². The molecule has 114 valence electrons. The second-order valence-corrected chi connectivity index (χ2v) is 3.97. The second-order valence-electron chi connectivity index (χ2n) is 3.97. The lowest BCUT2D eigenvalue weighted by Crippen LogP contribution is -2.39. The van der Waals surface area contributed by atoms with Gasteiger partial charge in [0.15, 0.2) is 0 Å². The lowest BCUT2D eigenvalue weighted by Gasteiger charge is -2.18. The maximum Gasteiger partial charge on any atom is 0.471 e. The van der Waals surface area contributed by atoms with Gasteiger partial charge >= 0.3 is 18.1 Å². The largest absolute Gasteiger partial charge is 0.481 e. The van der Waals surface area contributed by atoms with Gasteiger partial charge in [-0.2, -0.15) is 13.2 Å². The van der Waals surface area contributed by atoms with Crippen molar-refractivity contribution in [2.75, 3.05) is 0 Å². The summed E-state index contributed by atoms with van der Waals surface area (Å²) in [6, 6.07) is 2.84. The first-order valence-corrected chi connectivity index (χ1v) is 5.45. The van der Waals surface area contributed by atoms with E-state index in [-0.39, 0.29) is 5.56 Å². The number of halogens is 3. The first-order chi connectivity index (χ1) is 9.61. The fourth-order valence-corrected chi connectivity index (χ4v) is 1.52. The lowest BCUT2D eigenvalue weighted by atomic mass is 10.0. The van der Waals surface area contributed by atoms with Gasteiger partial charge in [0.25, 0.3) is 5.69 Å². The van der Waals surface area contributed by atoms with Gasteiger partial charge in [0.1, 0.15) is 0 Å². The third-order valence-electron chi connectivity index (χ3n) is 2.42. The van der Waals surface area contributed by atoms with E-state index in [0.717, 1.165) is 12.1 Å². The number of carbonyl (C=O) groups is 2. The molecule has 0 aliphatic rings. The number of nitro benzene ring substituents is 1. The third kappa shape index (κ3) is 4.75. The molecule has 1 atom stereocenters. The molecule has 10 heteroatoms. The summed E-state index contributed by atoms with van der Waals surface area (Å²) in [5.74, 6) is -3.78. The summed E-state index contributed by atoms with van der Waals surface area (Å²) in [6.45, 7) is 0. The SMILES string of the molecule is O=C(O)C[C@H](NC(=O)C(F)(F)F)c1cccc([N+](=O)[O-])c1. The number of nitro groups is 1. The highest BCUT2D eigenvalue weighted by atomic mass is 19.4. The van der Waals surface area contributed by atoms with E-state index in [1.165, 1.54) is 17.4 Å². The molecule has 1 amide bonds. The summed E-state index contributed by atoms with van der Waals surface area (Å²) in [7, 11) is 0. The van der Waals surface area contributed by atoms with Crippen molar-refractivity contribution in [3.63, 3.8) is 0 Å². The number of carboxylic acid groups (broad SMARTS) is 1. The molecule has 0 aromatic heterocycles. The molecule has 0 unspecified atom stereocenters. The van der Waals surface area contributed by atoms with Crippen molar-refractivity contribution >= 4 is 17.6 Å². The molecule has 0 spiro atoms. The second kappa shape index (κ2) is 6.20. The van der Waals surface area contributed by atoms with Crippen LogP contribution in [0, 0.1) is 10.1 Å². The van der Waals surface area contributed by atoms with E-state index in [1.807, 2.05) is 0 Å². The minimum Gasteiger partial charge on any atom is -0.481 e. The van der Waals surface area contributed by atoms with E-state index in [0.29, 0.717) is 0 Å². The molecule has 0 radical (unpaired) electrons. The van der Waals surface area contributed by atoms with Crippen molar-refractivity contribution in [2.45, 2.75) is 18.6 Å². The summed E-state index contributed by atoms with van der Waals surface area (Å²) in [5, 5.41) is 20.8. The Kier molecular flexibility index (Phi) is 4.84. The maximum atomic E-state index is 12.2. The average molecular weight is 306 g/mol. The number of nitrogens with zero attached hydrogens (tertiary/aromatic N) is 1. The number of aliphatic carboxylic acids is 1. The number of hydrogen-bond donors (Lipinski definition) is 2. The summed E-state index contributed by atoms with van der Waals surface area (Å²) in [4.78, 5) is 31.4. The minimum atomic E-state index is -5.18. The zero-order valence-electron chi connectivity index (χ0n) is 10.3. The van der Waals surface area contributed by atoms with Crippen LogP contribution in [0.1, 0.15) is 18.0 Å². The first-order valence-electron chi connectivity index (χ1n) is 5.45. The molecule has 0 bridgehead atoms. The minimum absolute atomic E-state index is 0.107. The van der Waals surface area contributed by atoms with E-state index in [1.54, 1.807) is 0 Å². The smallest absolute Gasteiger partial charge is 0.471 e. The number of carbonyl (C=O) groups excluding carboxylic acids is 1. The predicted octanol–water partition coefficient (Wildman–Crippen LogP) is 1.79. The number of carboxylic acids is 1. The van der Waals surface area contributed by atoms with Crippen LogP contribution in [-0.2, 0) is 9.59 Å². The Hall–Kier alpha value is -2.65. The summed E-state index contributed by atoms with van der Waals surface area (Å²) < 4.78 is 36.6. The highest BCUT2D eigenvalue weighted by Gasteiger charge is 2.40. The molecule has 0 saturated heterocycles. The number of hydrogen-bond acceptors (Lipinski definition) is 4. The first kappa shape index (κ1) is 16.4. The van der Waals surface area contributed by atoms with Crippen LogP contribution in [0.25, 0.3) is 0 Å². The van der Waals surface area contributed by atoms with Gasteiger partial charge in [-0.25, -0.2) is 0 Å². The summed E-state index contributed by atoms with van der Waals surface area (Å²) >= 11 is 0. The fourth-order valence-electron chi connectivity index (χ4n) is 1.52. The molecule has 1 rings (SSSR count). The van der Waals surface area contributed by atoms with Crippen molar-refractivity contribution in [3.8, 4) is 0 Å². The Morgan fingerprint density at radius 3 is 2.48 bits per heavy atom. The molecule has 0 saturated carbocycles. The molecular formula is C11H9F3N2O5. The van der Waals surface area contributed by atoms with Crippen molar-refractivity contribution in [3.05, 3.63) is 39.9 Å². The van der Waals surface area contributed by atoms with E-state index >= 15 is 0 Å². The quantitative estimate of drug-likeness (QED) is 0.636. The topological polar surface area (TPSA) is 110 Å². The molecule has 0 heterocycles. The molecule has 2 N–H and O–H groups in total. The normalized spacial score (nSPS) is 12.5. The van der Waals surface area contributed by atoms with Crippen molar-refractivity contribution in [1.82, 2.24) is 5.32 Å². The van der Waals surface area contributed by atoms with Crippen LogP contribution in [0.3, 0.4) is 0 Å². The Balaban J connectivity index is 3.08. The standard InChI is InChI=1S/C11H9F3N2O5/c12-11(13,14)10(19)15-8(5-9(17)18)6-2-1-3-7(4-6)16(20)21/h1-4,8H,5H2,(H,15,19)(H,17,18)/t8-/m0/s1. The fraction of sp³-hybridized carbons (Fsp3) is 0.273. The Bertz CT molecular complexity index is 573. The van der Waals surface area contributed by atoms with Crippen molar-refractivity contribution in [2.24, 2.45) is 0 Å². The molecule has 21 heavy (non-hydrogen) atoms. The van der Waals surface area contributed by atoms with Crippen molar-refractivity contribution in [1.29, 1.82) is 0 Å². The number of rotatable bonds is 5. The molecular weight excluding hydrogens is 297 g/mol. The Morgan fingerprint density at radius 1 is 1.38 bits per heavy atom. The van der Waals surface area contributed by atoms with E-state index in [9.17, 15) is 32.9 Å². The maximum absolute atomic E-state index is 12.2. The Morgan fingerprint density at radius 2 is 2.00 bits per heavy atom. The summed E-state index contributed by atoms with van der Waals surface area (Å²) in [6.07, 6.45) is -6.03. The van der Waals surface area contributed by atoms with Crippen LogP contribution in [0.15, 0.2) is 24.3 Å². The Labute approximate surface area is 115 Å². The van der Waals surface area contributed by atoms with Gasteiger partial charge in [0, 0.05) is 12.1 Å². The van der Waals surface area contributed by atoms with Crippen molar-refractivity contribution < 1.29 is 32.8 Å². The molecule has 0 aliphatic heterocycles. The van der Waals surface area contributed by atoms with Gasteiger partial charge in [-0.05, 0) is 5.56 Å². The molecule has 0 aliphatic carbocycles. The molecule has 7 nitrogen and oxygen atoms in total. The monoisotopic (exact) mass is 306 g/mol. The highest BCUT2D eigenvalue weighted by molar-refractivity contribution is 5.82. The zero-order chi connectivity index (χ0) is 16.2. The van der Waals surface area contributed by atoms with Crippen LogP contribution in [0.2, 0.25) is 0 Å². The van der Waals surface area contributed by atoms with Gasteiger partial charge in [-0.15, -0.1) is 0 Å². The average Bonchev–Trinajstić information content (AvgIpc) is 2.36. The number of alkyl halides is 3. The van der Waals surface area contributed by atoms with E-state index in [2.05, 4.69) is 0 Å². The number of nitrogens with one attached hydrogen (secondary N) is 1. The van der Waals surface area contributed by atoms with Gasteiger partial charge in [0.2, 0.25) is 0 Å². The van der Waals surface area contributed by atoms with Gasteiger partial charge in [-0.1, -0.05) is 12.1 Å². The molecule has 1 aromatic carbocycles. The molecule has 1 aromatic rings. The highest BCUT2D eigenvalue weighted by Crippen LogP contribution is 2.24. The van der Waals surface area contributed by atoms with E-state index in [4.69, 9.17) is 5.11 Å². The van der Waals surface area contributed by atoms with Crippen LogP contribution in [0.5, 0.6) is 0 Å². The molecule has 0 fully saturated rings. The third-order valence-corrected chi connectivity index (χ3v) is 2.42. The zero-order valence-corrected chi connectivity index (χ0v) is 10.3. The van der Waals surface area contributed by atoms with Gasteiger partial charge < -0.3 is 10.4 Å². The number of non-ortho nitro benzene ring substituents is 1. The van der Waals surface area contributed by atoms with Crippen LogP contribution >= 0.6 is 0 Å². The predicted molar refractivity (Wildman–Crippen MR) is 62.3 cm³/mol. The van der Waals surface area contributed by atoms with Crippen LogP contribution in [-0.4, -0.2) is 28.1 Å². The van der Waals surface area contributed by atoms with E-state index < -0.39 is 41.1 Å². The lowest BCUT2D eigenvalue weighted by molar-refractivity contribution is -0.384. The van der Waals surface area contributed by atoms with Crippen LogP contribution < -0.4 is 5.32 Å². The van der Waals surface area contributed by atoms with Crippen LogP contribution in [0.4, 0.5) is 18.9 Å².